The Morgan fingerprint density at radius 3 is 2.50 bits per heavy atom. The van der Waals surface area contributed by atoms with E-state index in [2.05, 4.69) is 46.1 Å². The van der Waals surface area contributed by atoms with Gasteiger partial charge < -0.3 is 4.90 Å². The molecule has 1 aliphatic heterocycles. The minimum atomic E-state index is -4.35. The van der Waals surface area contributed by atoms with Crippen LogP contribution in [0.2, 0.25) is 0 Å². The quantitative estimate of drug-likeness (QED) is 0.514. The van der Waals surface area contributed by atoms with Crippen LogP contribution in [0, 0.1) is 0 Å². The van der Waals surface area contributed by atoms with Gasteiger partial charge in [-0.05, 0) is 48.7 Å². The average molecular weight is 442 g/mol. The summed E-state index contributed by atoms with van der Waals surface area (Å²) in [4.78, 5) is 12.5. The zero-order chi connectivity index (χ0) is 21.1. The third-order valence-corrected chi connectivity index (χ3v) is 7.37. The molecule has 8 heteroatoms. The fraction of sp³-hybridized carbons (Fsp3) is 0.273. The second-order valence-electron chi connectivity index (χ2n) is 7.17. The molecule has 3 aromatic rings. The summed E-state index contributed by atoms with van der Waals surface area (Å²) in [5.74, 6) is 0.111. The van der Waals surface area contributed by atoms with Gasteiger partial charge in [-0.1, -0.05) is 43.3 Å². The normalized spacial score (nSPS) is 14.1. The molecule has 0 fully saturated rings. The fourth-order valence-corrected chi connectivity index (χ4v) is 5.56. The van der Waals surface area contributed by atoms with E-state index < -0.39 is 15.4 Å². The fourth-order valence-electron chi connectivity index (χ4n) is 3.69. The van der Waals surface area contributed by atoms with Crippen molar-refractivity contribution in [1.29, 1.82) is 0 Å². The molecule has 4 rings (SSSR count). The van der Waals surface area contributed by atoms with Gasteiger partial charge in [-0.15, -0.1) is 0 Å². The summed E-state index contributed by atoms with van der Waals surface area (Å²) < 4.78 is 34.0. The van der Waals surface area contributed by atoms with E-state index in [0.717, 1.165) is 34.0 Å². The Morgan fingerprint density at radius 2 is 1.77 bits per heavy atom. The van der Waals surface area contributed by atoms with Crippen LogP contribution in [0.5, 0.6) is 0 Å². The SMILES string of the molecule is CCCc1ccc2c(c1)N(CCC(c1ncccn1)S(=O)(=O)O)c1ccccc1S2. The van der Waals surface area contributed by atoms with Gasteiger partial charge in [0, 0.05) is 28.7 Å². The smallest absolute Gasteiger partial charge is 0.275 e. The first-order valence-corrected chi connectivity index (χ1v) is 12.2. The predicted octanol–water partition coefficient (Wildman–Crippen LogP) is 5.05. The molecule has 0 radical (unpaired) electrons. The van der Waals surface area contributed by atoms with Gasteiger partial charge in [0.2, 0.25) is 0 Å². The summed E-state index contributed by atoms with van der Waals surface area (Å²) in [6.07, 6.45) is 5.18. The van der Waals surface area contributed by atoms with Crippen LogP contribution >= 0.6 is 11.8 Å². The molecular formula is C22H23N3O3S2. The third kappa shape index (κ3) is 4.35. The lowest BCUT2D eigenvalue weighted by atomic mass is 10.1. The summed E-state index contributed by atoms with van der Waals surface area (Å²) in [5.41, 5.74) is 3.35. The van der Waals surface area contributed by atoms with E-state index in [0.29, 0.717) is 6.54 Å². The van der Waals surface area contributed by atoms with Gasteiger partial charge in [0.1, 0.15) is 11.1 Å². The number of nitrogens with zero attached hydrogens (tertiary/aromatic N) is 3. The third-order valence-electron chi connectivity index (χ3n) is 5.08. The van der Waals surface area contributed by atoms with Crippen molar-refractivity contribution in [3.05, 3.63) is 72.3 Å². The van der Waals surface area contributed by atoms with Crippen LogP contribution in [0.3, 0.4) is 0 Å². The number of anilines is 2. The first-order chi connectivity index (χ1) is 14.5. The first-order valence-electron chi connectivity index (χ1n) is 9.88. The molecule has 2 heterocycles. The molecule has 1 aliphatic rings. The van der Waals surface area contributed by atoms with E-state index in [1.807, 2.05) is 18.2 Å². The van der Waals surface area contributed by atoms with Crippen molar-refractivity contribution < 1.29 is 13.0 Å². The minimum absolute atomic E-state index is 0.111. The van der Waals surface area contributed by atoms with Crippen LogP contribution in [-0.4, -0.2) is 29.5 Å². The summed E-state index contributed by atoms with van der Waals surface area (Å²) >= 11 is 1.72. The Labute approximate surface area is 181 Å². The lowest BCUT2D eigenvalue weighted by molar-refractivity contribution is 0.461. The maximum Gasteiger partial charge on any atom is 0.275 e. The molecule has 0 bridgehead atoms. The molecule has 2 aromatic carbocycles. The van der Waals surface area contributed by atoms with Crippen LogP contribution in [-0.2, 0) is 16.5 Å². The van der Waals surface area contributed by atoms with Gasteiger partial charge in [-0.2, -0.15) is 8.42 Å². The molecule has 1 atom stereocenters. The monoisotopic (exact) mass is 441 g/mol. The summed E-state index contributed by atoms with van der Waals surface area (Å²) in [6.45, 7) is 2.56. The van der Waals surface area contributed by atoms with E-state index in [4.69, 9.17) is 0 Å². The highest BCUT2D eigenvalue weighted by Gasteiger charge is 2.30. The molecule has 0 aliphatic carbocycles. The van der Waals surface area contributed by atoms with Crippen molar-refractivity contribution in [3.63, 3.8) is 0 Å². The van der Waals surface area contributed by atoms with Crippen molar-refractivity contribution in [1.82, 2.24) is 9.97 Å². The molecule has 0 saturated carbocycles. The Morgan fingerprint density at radius 1 is 1.03 bits per heavy atom. The van der Waals surface area contributed by atoms with E-state index in [9.17, 15) is 13.0 Å². The maximum atomic E-state index is 12.1. The number of rotatable bonds is 7. The molecular weight excluding hydrogens is 418 g/mol. The number of benzene rings is 2. The number of fused-ring (bicyclic) bond motifs is 2. The van der Waals surface area contributed by atoms with Gasteiger partial charge >= 0.3 is 0 Å². The van der Waals surface area contributed by atoms with Gasteiger partial charge in [0.25, 0.3) is 10.1 Å². The number of hydrogen-bond acceptors (Lipinski definition) is 6. The topological polar surface area (TPSA) is 83.4 Å². The molecule has 1 unspecified atom stereocenters. The van der Waals surface area contributed by atoms with Gasteiger partial charge in [0.05, 0.1) is 11.4 Å². The Balaban J connectivity index is 1.70. The zero-order valence-corrected chi connectivity index (χ0v) is 18.2. The van der Waals surface area contributed by atoms with Crippen LogP contribution < -0.4 is 4.90 Å². The van der Waals surface area contributed by atoms with E-state index in [1.165, 1.54) is 18.0 Å². The molecule has 0 amide bonds. The largest absolute Gasteiger partial charge is 0.340 e. The highest BCUT2D eigenvalue weighted by atomic mass is 32.2. The number of hydrogen-bond donors (Lipinski definition) is 1. The Hall–Kier alpha value is -2.42. The molecule has 156 valence electrons. The van der Waals surface area contributed by atoms with Crippen molar-refractivity contribution in [2.24, 2.45) is 0 Å². The van der Waals surface area contributed by atoms with Gasteiger partial charge in [-0.25, -0.2) is 9.97 Å². The van der Waals surface area contributed by atoms with Crippen molar-refractivity contribution in [2.75, 3.05) is 11.4 Å². The van der Waals surface area contributed by atoms with Crippen molar-refractivity contribution >= 4 is 33.3 Å². The lowest BCUT2D eigenvalue weighted by Gasteiger charge is -2.33. The van der Waals surface area contributed by atoms with Crippen LogP contribution in [0.25, 0.3) is 0 Å². The highest BCUT2D eigenvalue weighted by Crippen LogP contribution is 2.48. The number of aromatic nitrogens is 2. The Kier molecular flexibility index (Phi) is 6.08. The predicted molar refractivity (Wildman–Crippen MR) is 119 cm³/mol. The van der Waals surface area contributed by atoms with Crippen molar-refractivity contribution in [2.45, 2.75) is 41.2 Å². The summed E-state index contributed by atoms with van der Waals surface area (Å²) in [5, 5.41) is -1.18. The second kappa shape index (κ2) is 8.75. The summed E-state index contributed by atoms with van der Waals surface area (Å²) in [6, 6.07) is 16.2. The van der Waals surface area contributed by atoms with Crippen LogP contribution in [0.1, 0.15) is 36.4 Å². The summed E-state index contributed by atoms with van der Waals surface area (Å²) in [7, 11) is -4.35. The van der Waals surface area contributed by atoms with Gasteiger partial charge in [-0.3, -0.25) is 4.55 Å². The van der Waals surface area contributed by atoms with E-state index >= 15 is 0 Å². The van der Waals surface area contributed by atoms with Crippen LogP contribution in [0.15, 0.2) is 70.7 Å². The number of aryl methyl sites for hydroxylation is 1. The van der Waals surface area contributed by atoms with Crippen LogP contribution in [0.4, 0.5) is 11.4 Å². The molecule has 1 aromatic heterocycles. The Bertz CT molecular complexity index is 1140. The van der Waals surface area contributed by atoms with E-state index in [1.54, 1.807) is 17.8 Å². The maximum absolute atomic E-state index is 12.1. The van der Waals surface area contributed by atoms with E-state index in [-0.39, 0.29) is 12.2 Å². The number of para-hydroxylation sites is 1. The average Bonchev–Trinajstić information content (AvgIpc) is 2.73. The molecule has 0 spiro atoms. The van der Waals surface area contributed by atoms with Crippen molar-refractivity contribution in [3.8, 4) is 0 Å². The molecule has 1 N–H and O–H groups in total. The molecule has 0 saturated heterocycles. The molecule has 30 heavy (non-hydrogen) atoms. The standard InChI is InChI=1S/C22H23N3O3S2/c1-2-6-16-9-10-20-18(15-16)25(17-7-3-4-8-19(17)29-20)14-11-21(30(26,27)28)22-23-12-5-13-24-22/h3-5,7-10,12-13,15,21H,2,6,11,14H2,1H3,(H,26,27,28). The molecule has 6 nitrogen and oxygen atoms in total. The minimum Gasteiger partial charge on any atom is -0.340 e. The highest BCUT2D eigenvalue weighted by molar-refractivity contribution is 7.99. The first kappa shape index (κ1) is 20.8. The van der Waals surface area contributed by atoms with Gasteiger partial charge in [0.15, 0.2) is 0 Å². The lowest BCUT2D eigenvalue weighted by Crippen LogP contribution is -2.26. The second-order valence-corrected chi connectivity index (χ2v) is 9.86. The zero-order valence-electron chi connectivity index (χ0n) is 16.6.